The molecule has 0 bridgehead atoms. The molecular weight excluding hydrogens is 214 g/mol. The highest BCUT2D eigenvalue weighted by Crippen LogP contribution is 2.25. The van der Waals surface area contributed by atoms with Gasteiger partial charge in [-0.05, 0) is 44.6 Å². The molecule has 0 aromatic carbocycles. The van der Waals surface area contributed by atoms with Gasteiger partial charge in [0.1, 0.15) is 0 Å². The fourth-order valence-corrected chi connectivity index (χ4v) is 2.18. The molecule has 0 radical (unpaired) electrons. The van der Waals surface area contributed by atoms with Crippen LogP contribution < -0.4 is 5.32 Å². The maximum absolute atomic E-state index is 9.72. The van der Waals surface area contributed by atoms with Crippen LogP contribution in [0.4, 0.5) is 0 Å². The van der Waals surface area contributed by atoms with E-state index in [1.807, 2.05) is 6.08 Å². The van der Waals surface area contributed by atoms with Crippen molar-refractivity contribution in [2.75, 3.05) is 19.7 Å². The quantitative estimate of drug-likeness (QED) is 0.505. The van der Waals surface area contributed by atoms with Crippen LogP contribution in [-0.2, 0) is 4.74 Å². The molecule has 100 valence electrons. The molecule has 0 saturated heterocycles. The normalized spacial score (nSPS) is 26.7. The summed E-state index contributed by atoms with van der Waals surface area (Å²) in [5.74, 6) is 0.848. The van der Waals surface area contributed by atoms with E-state index in [1.54, 1.807) is 0 Å². The standard InChI is InChI=1S/C14H27NO2/c1-3-4-9-15-10-13(16)11-17-14-7-5-12(2)6-8-14/h3,12-16H,1,4-11H2,2H3. The van der Waals surface area contributed by atoms with Crippen molar-refractivity contribution in [3.63, 3.8) is 0 Å². The summed E-state index contributed by atoms with van der Waals surface area (Å²) in [5, 5.41) is 12.9. The fourth-order valence-electron chi connectivity index (χ4n) is 2.18. The van der Waals surface area contributed by atoms with Crippen LogP contribution >= 0.6 is 0 Å². The Morgan fingerprint density at radius 1 is 1.41 bits per heavy atom. The first-order valence-corrected chi connectivity index (χ1v) is 6.83. The third kappa shape index (κ3) is 6.81. The predicted molar refractivity (Wildman–Crippen MR) is 71.1 cm³/mol. The van der Waals surface area contributed by atoms with Gasteiger partial charge in [-0.1, -0.05) is 13.0 Å². The summed E-state index contributed by atoms with van der Waals surface area (Å²) in [6.07, 6.45) is 7.62. The molecule has 3 nitrogen and oxygen atoms in total. The highest BCUT2D eigenvalue weighted by atomic mass is 16.5. The van der Waals surface area contributed by atoms with Gasteiger partial charge in [-0.3, -0.25) is 0 Å². The van der Waals surface area contributed by atoms with Crippen LogP contribution in [0.25, 0.3) is 0 Å². The van der Waals surface area contributed by atoms with Crippen molar-refractivity contribution in [1.82, 2.24) is 5.32 Å². The second kappa shape index (κ2) is 8.67. The molecule has 0 aromatic heterocycles. The number of rotatable bonds is 8. The second-order valence-corrected chi connectivity index (χ2v) is 5.15. The molecule has 1 aliphatic carbocycles. The van der Waals surface area contributed by atoms with Gasteiger partial charge in [-0.15, -0.1) is 6.58 Å². The van der Waals surface area contributed by atoms with Crippen LogP contribution in [0.3, 0.4) is 0 Å². The second-order valence-electron chi connectivity index (χ2n) is 5.15. The summed E-state index contributed by atoms with van der Waals surface area (Å²) in [6, 6.07) is 0. The zero-order valence-electron chi connectivity index (χ0n) is 11.0. The molecular formula is C14H27NO2. The zero-order chi connectivity index (χ0) is 12.5. The van der Waals surface area contributed by atoms with Gasteiger partial charge in [0.05, 0.1) is 18.8 Å². The average molecular weight is 241 g/mol. The summed E-state index contributed by atoms with van der Waals surface area (Å²) in [7, 11) is 0. The summed E-state index contributed by atoms with van der Waals surface area (Å²) in [6.45, 7) is 7.90. The van der Waals surface area contributed by atoms with Gasteiger partial charge in [0.15, 0.2) is 0 Å². The number of aliphatic hydroxyl groups is 1. The average Bonchev–Trinajstić information content (AvgIpc) is 2.34. The first-order valence-electron chi connectivity index (χ1n) is 6.83. The predicted octanol–water partition coefficient (Wildman–Crippen LogP) is 2.11. The van der Waals surface area contributed by atoms with Crippen LogP contribution in [-0.4, -0.2) is 37.0 Å². The van der Waals surface area contributed by atoms with Crippen LogP contribution in [0, 0.1) is 5.92 Å². The summed E-state index contributed by atoms with van der Waals surface area (Å²) >= 11 is 0. The molecule has 1 saturated carbocycles. The number of nitrogens with one attached hydrogen (secondary N) is 1. The first kappa shape index (κ1) is 14.7. The van der Waals surface area contributed by atoms with Crippen LogP contribution in [0.5, 0.6) is 0 Å². The van der Waals surface area contributed by atoms with Crippen molar-refractivity contribution in [2.45, 2.75) is 51.2 Å². The van der Waals surface area contributed by atoms with Crippen LogP contribution in [0.2, 0.25) is 0 Å². The lowest BCUT2D eigenvalue weighted by atomic mass is 9.89. The first-order chi connectivity index (χ1) is 8.22. The fraction of sp³-hybridized carbons (Fsp3) is 0.857. The van der Waals surface area contributed by atoms with E-state index in [0.717, 1.165) is 31.7 Å². The van der Waals surface area contributed by atoms with E-state index in [4.69, 9.17) is 4.74 Å². The lowest BCUT2D eigenvalue weighted by Gasteiger charge is -2.27. The van der Waals surface area contributed by atoms with Crippen LogP contribution in [0.15, 0.2) is 12.7 Å². The lowest BCUT2D eigenvalue weighted by Crippen LogP contribution is -2.33. The molecule has 0 spiro atoms. The Bertz CT molecular complexity index is 200. The molecule has 1 fully saturated rings. The number of ether oxygens (including phenoxy) is 1. The van der Waals surface area contributed by atoms with Gasteiger partial charge in [0.25, 0.3) is 0 Å². The van der Waals surface area contributed by atoms with Crippen molar-refractivity contribution in [1.29, 1.82) is 0 Å². The Hall–Kier alpha value is -0.380. The maximum Gasteiger partial charge on any atom is 0.0897 e. The number of aliphatic hydroxyl groups excluding tert-OH is 1. The van der Waals surface area contributed by atoms with E-state index in [1.165, 1.54) is 12.8 Å². The molecule has 1 rings (SSSR count). The van der Waals surface area contributed by atoms with Gasteiger partial charge < -0.3 is 15.2 Å². The zero-order valence-corrected chi connectivity index (χ0v) is 11.0. The minimum absolute atomic E-state index is 0.369. The third-order valence-corrected chi connectivity index (χ3v) is 3.39. The van der Waals surface area contributed by atoms with Crippen molar-refractivity contribution < 1.29 is 9.84 Å². The monoisotopic (exact) mass is 241 g/mol. The maximum atomic E-state index is 9.72. The molecule has 1 aliphatic rings. The van der Waals surface area contributed by atoms with Gasteiger partial charge in [-0.2, -0.15) is 0 Å². The van der Waals surface area contributed by atoms with E-state index in [2.05, 4.69) is 18.8 Å². The molecule has 3 heteroatoms. The molecule has 1 unspecified atom stereocenters. The Morgan fingerprint density at radius 2 is 2.12 bits per heavy atom. The minimum Gasteiger partial charge on any atom is -0.389 e. The Labute approximate surface area is 105 Å². The van der Waals surface area contributed by atoms with Crippen molar-refractivity contribution in [3.8, 4) is 0 Å². The highest BCUT2D eigenvalue weighted by molar-refractivity contribution is 4.71. The van der Waals surface area contributed by atoms with Gasteiger partial charge in [0, 0.05) is 6.54 Å². The van der Waals surface area contributed by atoms with E-state index < -0.39 is 0 Å². The number of hydrogen-bond acceptors (Lipinski definition) is 3. The van der Waals surface area contributed by atoms with Gasteiger partial charge >= 0.3 is 0 Å². The SMILES string of the molecule is C=CCCNCC(O)COC1CCC(C)CC1. The number of hydrogen-bond donors (Lipinski definition) is 2. The summed E-state index contributed by atoms with van der Waals surface area (Å²) in [5.41, 5.74) is 0. The largest absolute Gasteiger partial charge is 0.389 e. The van der Waals surface area contributed by atoms with Crippen LogP contribution in [0.1, 0.15) is 39.0 Å². The van der Waals surface area contributed by atoms with Gasteiger partial charge in [0.2, 0.25) is 0 Å². The molecule has 0 aliphatic heterocycles. The molecule has 17 heavy (non-hydrogen) atoms. The van der Waals surface area contributed by atoms with Gasteiger partial charge in [-0.25, -0.2) is 0 Å². The minimum atomic E-state index is -0.390. The van der Waals surface area contributed by atoms with Crippen molar-refractivity contribution in [2.24, 2.45) is 5.92 Å². The smallest absolute Gasteiger partial charge is 0.0897 e. The Balaban J connectivity index is 1.99. The van der Waals surface area contributed by atoms with Crippen molar-refractivity contribution >= 4 is 0 Å². The summed E-state index contributed by atoms with van der Waals surface area (Å²) in [4.78, 5) is 0. The topological polar surface area (TPSA) is 41.5 Å². The Kier molecular flexibility index (Phi) is 7.49. The van der Waals surface area contributed by atoms with E-state index >= 15 is 0 Å². The molecule has 0 aromatic rings. The summed E-state index contributed by atoms with van der Waals surface area (Å²) < 4.78 is 5.74. The van der Waals surface area contributed by atoms with Crippen molar-refractivity contribution in [3.05, 3.63) is 12.7 Å². The highest BCUT2D eigenvalue weighted by Gasteiger charge is 2.19. The molecule has 1 atom stereocenters. The molecule has 2 N–H and O–H groups in total. The third-order valence-electron chi connectivity index (χ3n) is 3.39. The Morgan fingerprint density at radius 3 is 2.76 bits per heavy atom. The van der Waals surface area contributed by atoms with E-state index in [9.17, 15) is 5.11 Å². The van der Waals surface area contributed by atoms with E-state index in [-0.39, 0.29) is 6.10 Å². The molecule has 0 heterocycles. The lowest BCUT2D eigenvalue weighted by molar-refractivity contribution is -0.0277. The molecule has 0 amide bonds. The van der Waals surface area contributed by atoms with E-state index in [0.29, 0.717) is 19.3 Å².